The molecule has 0 bridgehead atoms. The van der Waals surface area contributed by atoms with Crippen LogP contribution in [-0.2, 0) is 9.59 Å². The summed E-state index contributed by atoms with van der Waals surface area (Å²) < 4.78 is 0. The molecule has 3 amide bonds. The fourth-order valence-electron chi connectivity index (χ4n) is 1.64. The van der Waals surface area contributed by atoms with Gasteiger partial charge in [-0.2, -0.15) is 0 Å². The summed E-state index contributed by atoms with van der Waals surface area (Å²) in [4.78, 5) is 33.9. The van der Waals surface area contributed by atoms with Gasteiger partial charge in [0.25, 0.3) is 0 Å². The van der Waals surface area contributed by atoms with E-state index in [-0.39, 0.29) is 11.8 Å². The fraction of sp³-hybridized carbons (Fsp3) is 0.750. The number of carbonyl (C=O) groups is 3. The molecule has 0 heterocycles. The summed E-state index contributed by atoms with van der Waals surface area (Å²) in [6.45, 7) is 7.20. The molecule has 0 saturated heterocycles. The number of amides is 3. The quantitative estimate of drug-likeness (QED) is 0.532. The normalized spacial score (nSPS) is 14.0. The molecular formula is C12H23N3O4. The van der Waals surface area contributed by atoms with Crippen molar-refractivity contribution in [3.05, 3.63) is 0 Å². The van der Waals surface area contributed by atoms with Gasteiger partial charge >= 0.3 is 12.0 Å². The maximum Gasteiger partial charge on any atom is 0.326 e. The summed E-state index contributed by atoms with van der Waals surface area (Å²) in [6.07, 6.45) is 0.322. The predicted octanol–water partition coefficient (Wildman–Crippen LogP) is 0.295. The monoisotopic (exact) mass is 273 g/mol. The molecule has 0 fully saturated rings. The van der Waals surface area contributed by atoms with Gasteiger partial charge in [0.05, 0.1) is 0 Å². The van der Waals surface area contributed by atoms with Crippen molar-refractivity contribution in [2.45, 2.75) is 46.2 Å². The lowest BCUT2D eigenvalue weighted by Gasteiger charge is -2.23. The summed E-state index contributed by atoms with van der Waals surface area (Å²) in [5.74, 6) is -1.70. The highest BCUT2D eigenvalue weighted by Gasteiger charge is 2.28. The first-order valence-corrected chi connectivity index (χ1v) is 6.24. The van der Waals surface area contributed by atoms with E-state index >= 15 is 0 Å². The van der Waals surface area contributed by atoms with Gasteiger partial charge in [0.2, 0.25) is 5.91 Å². The van der Waals surface area contributed by atoms with E-state index in [4.69, 9.17) is 10.8 Å². The van der Waals surface area contributed by atoms with Gasteiger partial charge in [0.1, 0.15) is 12.1 Å². The van der Waals surface area contributed by atoms with E-state index in [0.717, 1.165) is 0 Å². The van der Waals surface area contributed by atoms with Gasteiger partial charge in [0.15, 0.2) is 0 Å². The summed E-state index contributed by atoms with van der Waals surface area (Å²) in [5.41, 5.74) is 4.99. The molecule has 19 heavy (non-hydrogen) atoms. The molecule has 0 aliphatic rings. The molecule has 2 unspecified atom stereocenters. The van der Waals surface area contributed by atoms with Crippen LogP contribution in [0.4, 0.5) is 4.79 Å². The highest BCUT2D eigenvalue weighted by molar-refractivity contribution is 5.89. The number of primary amides is 1. The third kappa shape index (κ3) is 6.64. The second kappa shape index (κ2) is 7.60. The molecule has 0 aromatic heterocycles. The van der Waals surface area contributed by atoms with Gasteiger partial charge in [-0.3, -0.25) is 4.79 Å². The van der Waals surface area contributed by atoms with Crippen LogP contribution in [0.15, 0.2) is 0 Å². The van der Waals surface area contributed by atoms with Crippen molar-refractivity contribution in [2.24, 2.45) is 17.6 Å². The highest BCUT2D eigenvalue weighted by atomic mass is 16.4. The number of hydrogen-bond donors (Lipinski definition) is 4. The molecule has 0 spiro atoms. The van der Waals surface area contributed by atoms with E-state index in [2.05, 4.69) is 10.6 Å². The molecule has 0 aromatic rings. The largest absolute Gasteiger partial charge is 0.480 e. The van der Waals surface area contributed by atoms with Crippen molar-refractivity contribution in [1.82, 2.24) is 10.6 Å². The van der Waals surface area contributed by atoms with E-state index in [9.17, 15) is 14.4 Å². The Kier molecular flexibility index (Phi) is 6.89. The Morgan fingerprint density at radius 2 is 1.63 bits per heavy atom. The number of urea groups is 1. The first-order chi connectivity index (χ1) is 8.65. The van der Waals surface area contributed by atoms with Gasteiger partial charge < -0.3 is 21.5 Å². The Bertz CT molecular complexity index is 342. The topological polar surface area (TPSA) is 122 Å². The molecule has 0 radical (unpaired) electrons. The number of nitrogens with one attached hydrogen (secondary N) is 2. The molecule has 0 saturated carbocycles. The van der Waals surface area contributed by atoms with Crippen LogP contribution in [-0.4, -0.2) is 35.1 Å². The molecule has 7 heteroatoms. The van der Waals surface area contributed by atoms with Crippen LogP contribution >= 0.6 is 0 Å². The fourth-order valence-corrected chi connectivity index (χ4v) is 1.64. The second-order valence-electron chi connectivity index (χ2n) is 5.26. The molecule has 7 nitrogen and oxygen atoms in total. The smallest absolute Gasteiger partial charge is 0.326 e. The van der Waals surface area contributed by atoms with Gasteiger partial charge in [-0.05, 0) is 18.3 Å². The van der Waals surface area contributed by atoms with Crippen LogP contribution < -0.4 is 16.4 Å². The lowest BCUT2D eigenvalue weighted by molar-refractivity contribution is -0.142. The standard InChI is InChI=1S/C12H23N3O4/c1-6(2)5-8(11(17)18)14-10(16)9(7(3)4)15-12(13)19/h6-9H,5H2,1-4H3,(H,14,16)(H,17,18)(H3,13,15,19). The van der Waals surface area contributed by atoms with Crippen molar-refractivity contribution in [1.29, 1.82) is 0 Å². The highest BCUT2D eigenvalue weighted by Crippen LogP contribution is 2.07. The molecule has 0 rings (SSSR count). The average molecular weight is 273 g/mol. The van der Waals surface area contributed by atoms with Crippen molar-refractivity contribution in [3.63, 3.8) is 0 Å². The Morgan fingerprint density at radius 3 is 1.95 bits per heavy atom. The van der Waals surface area contributed by atoms with Crippen LogP contribution in [0.25, 0.3) is 0 Å². The van der Waals surface area contributed by atoms with Crippen LogP contribution in [0.2, 0.25) is 0 Å². The predicted molar refractivity (Wildman–Crippen MR) is 70.4 cm³/mol. The summed E-state index contributed by atoms with van der Waals surface area (Å²) in [7, 11) is 0. The molecule has 0 aliphatic heterocycles. The number of rotatable bonds is 7. The summed E-state index contributed by atoms with van der Waals surface area (Å²) in [5, 5.41) is 13.8. The molecule has 2 atom stereocenters. The SMILES string of the molecule is CC(C)CC(NC(=O)C(NC(N)=O)C(C)C)C(=O)O. The molecule has 110 valence electrons. The van der Waals surface area contributed by atoms with E-state index in [0.29, 0.717) is 6.42 Å². The molecule has 0 aliphatic carbocycles. The average Bonchev–Trinajstić information content (AvgIpc) is 2.23. The minimum atomic E-state index is -1.09. The zero-order valence-corrected chi connectivity index (χ0v) is 11.8. The zero-order valence-electron chi connectivity index (χ0n) is 11.8. The number of carboxylic acid groups (broad SMARTS) is 1. The third-order valence-corrected chi connectivity index (χ3v) is 2.57. The van der Waals surface area contributed by atoms with Gasteiger partial charge in [-0.1, -0.05) is 27.7 Å². The third-order valence-electron chi connectivity index (χ3n) is 2.57. The van der Waals surface area contributed by atoms with Crippen LogP contribution in [0, 0.1) is 11.8 Å². The maximum absolute atomic E-state index is 12.0. The van der Waals surface area contributed by atoms with E-state index in [1.165, 1.54) is 0 Å². The van der Waals surface area contributed by atoms with Crippen LogP contribution in [0.5, 0.6) is 0 Å². The minimum absolute atomic E-state index is 0.128. The molecule has 5 N–H and O–H groups in total. The Morgan fingerprint density at radius 1 is 1.11 bits per heavy atom. The van der Waals surface area contributed by atoms with Gasteiger partial charge in [-0.25, -0.2) is 9.59 Å². The zero-order chi connectivity index (χ0) is 15.2. The number of carboxylic acids is 1. The lowest BCUT2D eigenvalue weighted by atomic mass is 10.0. The van der Waals surface area contributed by atoms with Crippen molar-refractivity contribution < 1.29 is 19.5 Å². The van der Waals surface area contributed by atoms with Crippen molar-refractivity contribution in [2.75, 3.05) is 0 Å². The molecular weight excluding hydrogens is 250 g/mol. The first-order valence-electron chi connectivity index (χ1n) is 6.24. The number of aliphatic carboxylic acids is 1. The maximum atomic E-state index is 12.0. The Labute approximate surface area is 112 Å². The summed E-state index contributed by atoms with van der Waals surface area (Å²) in [6, 6.07) is -2.63. The van der Waals surface area contributed by atoms with Crippen molar-refractivity contribution in [3.8, 4) is 0 Å². The summed E-state index contributed by atoms with van der Waals surface area (Å²) >= 11 is 0. The second-order valence-corrected chi connectivity index (χ2v) is 5.26. The number of hydrogen-bond acceptors (Lipinski definition) is 3. The van der Waals surface area contributed by atoms with E-state index in [1.807, 2.05) is 13.8 Å². The van der Waals surface area contributed by atoms with E-state index < -0.39 is 30.0 Å². The first kappa shape index (κ1) is 17.2. The Hall–Kier alpha value is -1.79. The van der Waals surface area contributed by atoms with Gasteiger partial charge in [0, 0.05) is 0 Å². The van der Waals surface area contributed by atoms with Crippen LogP contribution in [0.3, 0.4) is 0 Å². The minimum Gasteiger partial charge on any atom is -0.480 e. The van der Waals surface area contributed by atoms with Crippen molar-refractivity contribution >= 4 is 17.9 Å². The lowest BCUT2D eigenvalue weighted by Crippen LogP contribution is -2.54. The Balaban J connectivity index is 4.75. The van der Waals surface area contributed by atoms with E-state index in [1.54, 1.807) is 13.8 Å². The molecule has 0 aromatic carbocycles. The van der Waals surface area contributed by atoms with Crippen LogP contribution in [0.1, 0.15) is 34.1 Å². The van der Waals surface area contributed by atoms with Gasteiger partial charge in [-0.15, -0.1) is 0 Å². The number of carbonyl (C=O) groups excluding carboxylic acids is 2. The number of nitrogens with two attached hydrogens (primary N) is 1.